The normalized spacial score (nSPS) is 13.0. The van der Waals surface area contributed by atoms with Crippen LogP contribution in [0.5, 0.6) is 5.75 Å². The van der Waals surface area contributed by atoms with Gasteiger partial charge >= 0.3 is 6.18 Å². The fourth-order valence-electron chi connectivity index (χ4n) is 2.61. The first-order valence-electron chi connectivity index (χ1n) is 8.20. The minimum Gasteiger partial charge on any atom is -0.484 e. The van der Waals surface area contributed by atoms with Crippen LogP contribution in [-0.4, -0.2) is 22.8 Å². The van der Waals surface area contributed by atoms with Gasteiger partial charge < -0.3 is 15.0 Å². The standard InChI is InChI=1S/C18H18F3N3O2S/c1-9-11(3)27-17-14(9)16(25)23-15(24-17)10(2)22-12-4-6-13(7-5-12)26-8-18(19,20)21/h4-7,10,22H,8H2,1-3H3,(H,23,24,25)/t10-/m0/s1. The van der Waals surface area contributed by atoms with Crippen LogP contribution in [0.3, 0.4) is 0 Å². The number of aryl methyl sites for hydroxylation is 2. The zero-order valence-corrected chi connectivity index (χ0v) is 15.7. The monoisotopic (exact) mass is 397 g/mol. The number of aromatic nitrogens is 2. The lowest BCUT2D eigenvalue weighted by Crippen LogP contribution is -2.19. The summed E-state index contributed by atoms with van der Waals surface area (Å²) in [6, 6.07) is 5.82. The van der Waals surface area contributed by atoms with Gasteiger partial charge in [0.2, 0.25) is 0 Å². The number of aromatic amines is 1. The molecule has 0 radical (unpaired) electrons. The summed E-state index contributed by atoms with van der Waals surface area (Å²) in [5.74, 6) is 0.620. The Morgan fingerprint density at radius 3 is 2.56 bits per heavy atom. The quantitative estimate of drug-likeness (QED) is 0.654. The van der Waals surface area contributed by atoms with E-state index in [-0.39, 0.29) is 17.4 Å². The van der Waals surface area contributed by atoms with Crippen LogP contribution in [0.4, 0.5) is 18.9 Å². The molecule has 9 heteroatoms. The molecule has 0 fully saturated rings. The number of nitrogens with zero attached hydrogens (tertiary/aromatic N) is 1. The van der Waals surface area contributed by atoms with Gasteiger partial charge in [0.05, 0.1) is 11.4 Å². The average Bonchev–Trinajstić information content (AvgIpc) is 2.88. The molecule has 0 unspecified atom stereocenters. The Morgan fingerprint density at radius 1 is 1.26 bits per heavy atom. The Bertz CT molecular complexity index is 1010. The summed E-state index contributed by atoms with van der Waals surface area (Å²) in [5, 5.41) is 3.78. The maximum absolute atomic E-state index is 12.4. The highest BCUT2D eigenvalue weighted by molar-refractivity contribution is 7.18. The highest BCUT2D eigenvalue weighted by atomic mass is 32.1. The lowest BCUT2D eigenvalue weighted by atomic mass is 10.2. The first-order chi connectivity index (χ1) is 12.6. The Morgan fingerprint density at radius 2 is 1.93 bits per heavy atom. The van der Waals surface area contributed by atoms with E-state index in [0.29, 0.717) is 21.7 Å². The summed E-state index contributed by atoms with van der Waals surface area (Å²) in [4.78, 5) is 21.4. The van der Waals surface area contributed by atoms with Crippen molar-refractivity contribution < 1.29 is 17.9 Å². The lowest BCUT2D eigenvalue weighted by molar-refractivity contribution is -0.153. The van der Waals surface area contributed by atoms with Crippen molar-refractivity contribution in [3.63, 3.8) is 0 Å². The third-order valence-electron chi connectivity index (χ3n) is 4.11. The van der Waals surface area contributed by atoms with E-state index in [4.69, 9.17) is 0 Å². The molecule has 0 saturated heterocycles. The number of alkyl halides is 3. The van der Waals surface area contributed by atoms with Gasteiger partial charge in [-0.1, -0.05) is 0 Å². The number of ether oxygens (including phenoxy) is 1. The molecule has 0 spiro atoms. The SMILES string of the molecule is Cc1sc2nc([C@H](C)Nc3ccc(OCC(F)(F)F)cc3)[nH]c(=O)c2c1C. The molecule has 3 aromatic rings. The van der Waals surface area contributed by atoms with Gasteiger partial charge in [-0.3, -0.25) is 4.79 Å². The fourth-order valence-corrected chi connectivity index (χ4v) is 3.64. The highest BCUT2D eigenvalue weighted by Gasteiger charge is 2.28. The summed E-state index contributed by atoms with van der Waals surface area (Å²) in [6.45, 7) is 4.35. The van der Waals surface area contributed by atoms with Crippen LogP contribution < -0.4 is 15.6 Å². The summed E-state index contributed by atoms with van der Waals surface area (Å²) >= 11 is 1.47. The molecule has 2 N–H and O–H groups in total. The first kappa shape index (κ1) is 19.2. The molecular weight excluding hydrogens is 379 g/mol. The van der Waals surface area contributed by atoms with E-state index in [9.17, 15) is 18.0 Å². The Labute approximate surface area is 157 Å². The molecule has 2 aromatic heterocycles. The Kier molecular flexibility index (Phi) is 5.14. The van der Waals surface area contributed by atoms with Crippen molar-refractivity contribution in [3.8, 4) is 5.75 Å². The van der Waals surface area contributed by atoms with Crippen LogP contribution in [0.15, 0.2) is 29.1 Å². The van der Waals surface area contributed by atoms with E-state index in [2.05, 4.69) is 20.0 Å². The maximum Gasteiger partial charge on any atom is 0.422 e. The minimum atomic E-state index is -4.37. The van der Waals surface area contributed by atoms with Gasteiger partial charge in [0.15, 0.2) is 6.61 Å². The van der Waals surface area contributed by atoms with Crippen LogP contribution in [0.1, 0.15) is 29.2 Å². The summed E-state index contributed by atoms with van der Waals surface area (Å²) in [7, 11) is 0. The van der Waals surface area contributed by atoms with Crippen LogP contribution >= 0.6 is 11.3 Å². The molecule has 0 amide bonds. The molecule has 1 atom stereocenters. The van der Waals surface area contributed by atoms with Crippen molar-refractivity contribution in [1.82, 2.24) is 9.97 Å². The molecule has 27 heavy (non-hydrogen) atoms. The van der Waals surface area contributed by atoms with Crippen LogP contribution in [0, 0.1) is 13.8 Å². The summed E-state index contributed by atoms with van der Waals surface area (Å²) < 4.78 is 41.2. The Balaban J connectivity index is 1.74. The van der Waals surface area contributed by atoms with Gasteiger partial charge in [-0.2, -0.15) is 13.2 Å². The number of hydrogen-bond donors (Lipinski definition) is 2. The van der Waals surface area contributed by atoms with Gasteiger partial charge in [0.1, 0.15) is 16.4 Å². The number of anilines is 1. The fraction of sp³-hybridized carbons (Fsp3) is 0.333. The zero-order valence-electron chi connectivity index (χ0n) is 14.9. The second-order valence-corrected chi connectivity index (χ2v) is 7.41. The topological polar surface area (TPSA) is 67.0 Å². The Hall–Kier alpha value is -2.55. The molecule has 0 saturated carbocycles. The lowest BCUT2D eigenvalue weighted by Gasteiger charge is -2.15. The van der Waals surface area contributed by atoms with E-state index in [1.165, 1.54) is 23.5 Å². The summed E-state index contributed by atoms with van der Waals surface area (Å²) in [6.07, 6.45) is -4.37. The smallest absolute Gasteiger partial charge is 0.422 e. The summed E-state index contributed by atoms with van der Waals surface area (Å²) in [5.41, 5.74) is 1.43. The van der Waals surface area contributed by atoms with Crippen molar-refractivity contribution in [2.24, 2.45) is 0 Å². The zero-order chi connectivity index (χ0) is 19.8. The number of H-pyrrole nitrogens is 1. The van der Waals surface area contributed by atoms with Crippen molar-refractivity contribution in [3.05, 3.63) is 50.9 Å². The van der Waals surface area contributed by atoms with Crippen molar-refractivity contribution in [2.75, 3.05) is 11.9 Å². The van der Waals surface area contributed by atoms with E-state index < -0.39 is 12.8 Å². The molecule has 144 valence electrons. The number of rotatable bonds is 5. The minimum absolute atomic E-state index is 0.128. The van der Waals surface area contributed by atoms with Crippen molar-refractivity contribution in [2.45, 2.75) is 33.0 Å². The first-order valence-corrected chi connectivity index (χ1v) is 9.02. The maximum atomic E-state index is 12.4. The number of thiophene rings is 1. The molecular formula is C18H18F3N3O2S. The number of nitrogens with one attached hydrogen (secondary N) is 2. The molecule has 0 aliphatic heterocycles. The van der Waals surface area contributed by atoms with Crippen LogP contribution in [-0.2, 0) is 0 Å². The molecule has 3 rings (SSSR count). The third-order valence-corrected chi connectivity index (χ3v) is 5.21. The number of halogens is 3. The van der Waals surface area contributed by atoms with E-state index in [1.54, 1.807) is 12.1 Å². The molecule has 0 aliphatic carbocycles. The second-order valence-electron chi connectivity index (χ2n) is 6.21. The number of hydrogen-bond acceptors (Lipinski definition) is 5. The van der Waals surface area contributed by atoms with Crippen LogP contribution in [0.2, 0.25) is 0 Å². The average molecular weight is 397 g/mol. The molecule has 2 heterocycles. The van der Waals surface area contributed by atoms with E-state index in [1.807, 2.05) is 20.8 Å². The predicted molar refractivity (Wildman–Crippen MR) is 99.7 cm³/mol. The molecule has 0 aliphatic rings. The molecule has 5 nitrogen and oxygen atoms in total. The van der Waals surface area contributed by atoms with Gasteiger partial charge in [0.25, 0.3) is 5.56 Å². The number of benzene rings is 1. The van der Waals surface area contributed by atoms with Gasteiger partial charge in [-0.05, 0) is 50.6 Å². The highest BCUT2D eigenvalue weighted by Crippen LogP contribution is 2.27. The largest absolute Gasteiger partial charge is 0.484 e. The van der Waals surface area contributed by atoms with E-state index >= 15 is 0 Å². The molecule has 0 bridgehead atoms. The van der Waals surface area contributed by atoms with Crippen LogP contribution in [0.25, 0.3) is 10.2 Å². The third kappa shape index (κ3) is 4.41. The van der Waals surface area contributed by atoms with Gasteiger partial charge in [-0.25, -0.2) is 4.98 Å². The van der Waals surface area contributed by atoms with Gasteiger partial charge in [-0.15, -0.1) is 11.3 Å². The second kappa shape index (κ2) is 7.22. The molecule has 1 aromatic carbocycles. The van der Waals surface area contributed by atoms with Crippen molar-refractivity contribution in [1.29, 1.82) is 0 Å². The predicted octanol–water partition coefficient (Wildman–Crippen LogP) is 4.72. The van der Waals surface area contributed by atoms with Crippen molar-refractivity contribution >= 4 is 27.2 Å². The van der Waals surface area contributed by atoms with Gasteiger partial charge in [0, 0.05) is 10.6 Å². The van der Waals surface area contributed by atoms with E-state index in [0.717, 1.165) is 10.4 Å². The number of fused-ring (bicyclic) bond motifs is 1.